The lowest BCUT2D eigenvalue weighted by atomic mass is 9.87. The molecule has 2 aliphatic heterocycles. The zero-order chi connectivity index (χ0) is 33.8. The summed E-state index contributed by atoms with van der Waals surface area (Å²) in [5.74, 6) is 0.358. The van der Waals surface area contributed by atoms with Crippen molar-refractivity contribution in [2.75, 3.05) is 45.8 Å². The average Bonchev–Trinajstić information content (AvgIpc) is 3.22. The number of aryl methyl sites for hydroxylation is 2. The quantitative estimate of drug-likeness (QED) is 0.362. The summed E-state index contributed by atoms with van der Waals surface area (Å²) >= 11 is 0. The van der Waals surface area contributed by atoms with Gasteiger partial charge < -0.3 is 19.6 Å². The Morgan fingerprint density at radius 1 is 1.11 bits per heavy atom. The van der Waals surface area contributed by atoms with Gasteiger partial charge in [-0.2, -0.15) is 0 Å². The smallest absolute Gasteiger partial charge is 0.235 e. The third-order valence-electron chi connectivity index (χ3n) is 9.26. The van der Waals surface area contributed by atoms with Gasteiger partial charge in [-0.25, -0.2) is 4.21 Å². The number of ether oxygens (including phenoxy) is 1. The second-order valence-corrected chi connectivity index (χ2v) is 14.1. The molecule has 254 valence electrons. The highest BCUT2D eigenvalue weighted by Gasteiger charge is 2.31. The second kappa shape index (κ2) is 18.2. The van der Waals surface area contributed by atoms with Crippen LogP contribution in [0.1, 0.15) is 81.9 Å². The van der Waals surface area contributed by atoms with Crippen molar-refractivity contribution in [1.29, 1.82) is 0 Å². The lowest BCUT2D eigenvalue weighted by Gasteiger charge is -2.29. The van der Waals surface area contributed by atoms with Crippen LogP contribution < -0.4 is 14.4 Å². The maximum atomic E-state index is 13.6. The van der Waals surface area contributed by atoms with Crippen molar-refractivity contribution in [2.24, 2.45) is 17.8 Å². The van der Waals surface area contributed by atoms with E-state index < -0.39 is 16.9 Å². The lowest BCUT2D eigenvalue weighted by Crippen LogP contribution is -2.38. The number of aliphatic hydroxyl groups excluding tert-OH is 1. The van der Waals surface area contributed by atoms with Crippen molar-refractivity contribution in [3.63, 3.8) is 0 Å². The van der Waals surface area contributed by atoms with E-state index >= 15 is 0 Å². The zero-order valence-corrected chi connectivity index (χ0v) is 29.7. The summed E-state index contributed by atoms with van der Waals surface area (Å²) in [5, 5.41) is 7.00. The van der Waals surface area contributed by atoms with Crippen molar-refractivity contribution in [3.8, 4) is 5.75 Å². The van der Waals surface area contributed by atoms with Crippen LogP contribution in [0.2, 0.25) is 0 Å². The number of rotatable bonds is 6. The molecule has 0 fully saturated rings. The fourth-order valence-corrected chi connectivity index (χ4v) is 7.21. The van der Waals surface area contributed by atoms with Crippen LogP contribution in [0.25, 0.3) is 0 Å². The fraction of sp³-hybridized carbons (Fsp3) is 0.568. The van der Waals surface area contributed by atoms with Gasteiger partial charge in [0.1, 0.15) is 5.75 Å². The molecule has 0 saturated heterocycles. The number of fused-ring (bicyclic) bond motifs is 1. The summed E-state index contributed by atoms with van der Waals surface area (Å²) in [6.07, 6.45) is 10.3. The molecule has 0 saturated carbocycles. The molecule has 0 radical (unpaired) electrons. The minimum absolute atomic E-state index is 0.0765. The molecule has 0 spiro atoms. The number of nitrogens with zero attached hydrogens (tertiary/aromatic N) is 2. The summed E-state index contributed by atoms with van der Waals surface area (Å²) in [5.41, 5.74) is 4.92. The van der Waals surface area contributed by atoms with E-state index in [4.69, 9.17) is 9.84 Å². The van der Waals surface area contributed by atoms with E-state index in [0.717, 1.165) is 63.7 Å². The summed E-state index contributed by atoms with van der Waals surface area (Å²) in [7, 11) is 2.61. The zero-order valence-electron chi connectivity index (χ0n) is 28.9. The van der Waals surface area contributed by atoms with Gasteiger partial charge in [-0.3, -0.25) is 14.3 Å². The van der Waals surface area contributed by atoms with Crippen molar-refractivity contribution >= 4 is 28.5 Å². The van der Waals surface area contributed by atoms with Crippen LogP contribution in [0, 0.1) is 24.7 Å². The molecule has 2 bridgehead atoms. The molecular formula is C37H55N3O5S. The largest absolute Gasteiger partial charge is 0.491 e. The molecular weight excluding hydrogens is 598 g/mol. The number of nitrogens with one attached hydrogen (secondary N) is 1. The van der Waals surface area contributed by atoms with Crippen LogP contribution in [-0.2, 0) is 27.0 Å². The van der Waals surface area contributed by atoms with Crippen LogP contribution in [0.5, 0.6) is 5.75 Å². The van der Waals surface area contributed by atoms with Crippen LogP contribution in [0.15, 0.2) is 53.4 Å². The molecule has 4 rings (SSSR count). The number of allylic oxidation sites excluding steroid dienone is 2. The molecule has 0 aromatic heterocycles. The van der Waals surface area contributed by atoms with E-state index in [1.165, 1.54) is 21.6 Å². The highest BCUT2D eigenvalue weighted by molar-refractivity contribution is 7.83. The van der Waals surface area contributed by atoms with Crippen LogP contribution in [0.3, 0.4) is 0 Å². The van der Waals surface area contributed by atoms with Crippen molar-refractivity contribution in [2.45, 2.75) is 83.5 Å². The first-order chi connectivity index (χ1) is 22.1. The van der Waals surface area contributed by atoms with Gasteiger partial charge in [-0.05, 0) is 73.8 Å². The molecule has 0 aliphatic carbocycles. The van der Waals surface area contributed by atoms with Crippen LogP contribution in [0.4, 0.5) is 5.69 Å². The monoisotopic (exact) mass is 653 g/mol. The number of aliphatic hydroxyl groups is 1. The number of carbonyl (C=O) groups excluding carboxylic acids is 2. The number of amides is 2. The predicted octanol–water partition coefficient (Wildman–Crippen LogP) is 6.17. The number of hydrogen-bond acceptors (Lipinski definition) is 6. The Kier molecular flexibility index (Phi) is 14.8. The highest BCUT2D eigenvalue weighted by Crippen LogP contribution is 2.38. The second-order valence-electron chi connectivity index (χ2n) is 12.9. The number of anilines is 1. The Morgan fingerprint density at radius 3 is 2.54 bits per heavy atom. The molecule has 5 atom stereocenters. The minimum Gasteiger partial charge on any atom is -0.491 e. The SMILES string of the molecule is CCCc1cc(C)ccc1C1COc2ccc3cc2N(CCC(CC)C/C=C/C[C@H](C)C(CC(=O)N(C)C)C(=O)NS3=O)C1.CO. The maximum absolute atomic E-state index is 13.6. The average molecular weight is 654 g/mol. The van der Waals surface area contributed by atoms with Gasteiger partial charge in [0.05, 0.1) is 23.1 Å². The summed E-state index contributed by atoms with van der Waals surface area (Å²) in [6, 6.07) is 12.4. The minimum atomic E-state index is -1.78. The summed E-state index contributed by atoms with van der Waals surface area (Å²) in [6.45, 7) is 10.8. The maximum Gasteiger partial charge on any atom is 0.235 e. The molecule has 2 aromatic carbocycles. The van der Waals surface area contributed by atoms with E-state index in [0.29, 0.717) is 23.8 Å². The standard InChI is InChI=1S/C36H51N3O4S.CH4O/c1-7-11-28-20-25(3)14-16-31(28)29-23-39-19-18-27(8-2)13-10-9-12-26(4)32(22-35(40)38(5)6)36(41)37-44(42)30-15-17-34(43-24-29)33(39)21-30;1-2/h9-10,14-17,20-21,26-27,29,32H,7-8,11-13,18-19,22-24H2,1-6H3,(H,37,41);2H,1H3/b10-9+;/t26-,27?,29?,32?,44?;/m0./s1. The van der Waals surface area contributed by atoms with Crippen LogP contribution in [-0.4, -0.2) is 66.9 Å². The van der Waals surface area contributed by atoms with E-state index in [1.54, 1.807) is 20.2 Å². The fourth-order valence-electron chi connectivity index (χ4n) is 6.35. The van der Waals surface area contributed by atoms with Crippen molar-refractivity contribution < 1.29 is 23.6 Å². The van der Waals surface area contributed by atoms with Gasteiger partial charge in [0.15, 0.2) is 11.0 Å². The Labute approximate surface area is 279 Å². The van der Waals surface area contributed by atoms with Gasteiger partial charge in [0.2, 0.25) is 11.8 Å². The third-order valence-corrected chi connectivity index (χ3v) is 10.3. The molecule has 46 heavy (non-hydrogen) atoms. The van der Waals surface area contributed by atoms with Crippen molar-refractivity contribution in [1.82, 2.24) is 9.62 Å². The normalized spacial score (nSPS) is 24.4. The van der Waals surface area contributed by atoms with Gasteiger partial charge in [0.25, 0.3) is 0 Å². The Bertz CT molecular complexity index is 1360. The number of hydrogen-bond donors (Lipinski definition) is 2. The van der Waals surface area contributed by atoms with Gasteiger partial charge in [-0.1, -0.05) is 69.5 Å². The van der Waals surface area contributed by atoms with Gasteiger partial charge in [-0.15, -0.1) is 0 Å². The van der Waals surface area contributed by atoms with E-state index in [2.05, 4.69) is 60.7 Å². The summed E-state index contributed by atoms with van der Waals surface area (Å²) < 4.78 is 22.8. The first kappa shape index (κ1) is 37.3. The van der Waals surface area contributed by atoms with Gasteiger partial charge in [0, 0.05) is 46.6 Å². The predicted molar refractivity (Wildman–Crippen MR) is 187 cm³/mol. The van der Waals surface area contributed by atoms with Crippen LogP contribution >= 0.6 is 0 Å². The van der Waals surface area contributed by atoms with E-state index in [-0.39, 0.29) is 30.1 Å². The number of benzene rings is 2. The van der Waals surface area contributed by atoms with E-state index in [1.807, 2.05) is 19.1 Å². The molecule has 4 unspecified atom stereocenters. The number of carbonyl (C=O) groups is 2. The third kappa shape index (κ3) is 9.91. The lowest BCUT2D eigenvalue weighted by molar-refractivity contribution is -0.135. The topological polar surface area (TPSA) is 99.2 Å². The highest BCUT2D eigenvalue weighted by atomic mass is 32.2. The molecule has 2 heterocycles. The molecule has 2 aromatic rings. The molecule has 2 amide bonds. The first-order valence-electron chi connectivity index (χ1n) is 16.7. The Morgan fingerprint density at radius 2 is 1.85 bits per heavy atom. The summed E-state index contributed by atoms with van der Waals surface area (Å²) in [4.78, 5) is 30.6. The first-order valence-corrected chi connectivity index (χ1v) is 17.9. The molecule has 8 nitrogen and oxygen atoms in total. The molecule has 2 N–H and O–H groups in total. The Hall–Kier alpha value is -3.17. The van der Waals surface area contributed by atoms with Crippen molar-refractivity contribution in [3.05, 3.63) is 65.2 Å². The molecule has 9 heteroatoms. The molecule has 2 aliphatic rings. The Balaban J connectivity index is 0.00000282. The van der Waals surface area contributed by atoms with E-state index in [9.17, 15) is 13.8 Å². The van der Waals surface area contributed by atoms with Gasteiger partial charge >= 0.3 is 0 Å².